The molecule has 1 amide bonds. The molecular formula is C17H27ClN4O. The molecule has 6 heteroatoms. The lowest BCUT2D eigenvalue weighted by Gasteiger charge is -2.39. The maximum atomic E-state index is 12.8. The predicted octanol–water partition coefficient (Wildman–Crippen LogP) is 1.67. The van der Waals surface area contributed by atoms with Gasteiger partial charge in [-0.2, -0.15) is 0 Å². The Bertz CT molecular complexity index is 497. The molecule has 1 aliphatic carbocycles. The van der Waals surface area contributed by atoms with Gasteiger partial charge in [0.15, 0.2) is 0 Å². The van der Waals surface area contributed by atoms with Crippen LogP contribution in [0, 0.1) is 5.41 Å². The summed E-state index contributed by atoms with van der Waals surface area (Å²) in [5.74, 6) is 0.300. The molecule has 0 aromatic carbocycles. The molecule has 1 aromatic rings. The van der Waals surface area contributed by atoms with Crippen molar-refractivity contribution < 1.29 is 4.79 Å². The van der Waals surface area contributed by atoms with E-state index < -0.39 is 0 Å². The molecule has 2 fully saturated rings. The number of hydrogen-bond donors (Lipinski definition) is 1. The zero-order valence-corrected chi connectivity index (χ0v) is 14.4. The summed E-state index contributed by atoms with van der Waals surface area (Å²) in [4.78, 5) is 21.4. The van der Waals surface area contributed by atoms with Gasteiger partial charge in [-0.3, -0.25) is 14.7 Å². The molecule has 5 nitrogen and oxygen atoms in total. The van der Waals surface area contributed by atoms with Crippen LogP contribution in [0.3, 0.4) is 0 Å². The number of carbonyl (C=O) groups is 1. The molecule has 1 saturated heterocycles. The first kappa shape index (κ1) is 18.2. The highest BCUT2D eigenvalue weighted by atomic mass is 35.5. The number of nitrogens with zero attached hydrogens (tertiary/aromatic N) is 3. The summed E-state index contributed by atoms with van der Waals surface area (Å²) in [6.07, 6.45) is 7.94. The lowest BCUT2D eigenvalue weighted by Crippen LogP contribution is -2.54. The fraction of sp³-hybridized carbons (Fsp3) is 0.647. The fourth-order valence-corrected chi connectivity index (χ4v) is 3.75. The van der Waals surface area contributed by atoms with Crippen molar-refractivity contribution in [2.75, 3.05) is 32.7 Å². The highest BCUT2D eigenvalue weighted by molar-refractivity contribution is 5.85. The molecule has 0 bridgehead atoms. The van der Waals surface area contributed by atoms with Crippen LogP contribution in [0.2, 0.25) is 0 Å². The second kappa shape index (κ2) is 8.08. The average Bonchev–Trinajstić information content (AvgIpc) is 3.06. The van der Waals surface area contributed by atoms with Crippen molar-refractivity contribution in [2.24, 2.45) is 11.1 Å². The van der Waals surface area contributed by atoms with Crippen LogP contribution in [0.4, 0.5) is 0 Å². The Balaban J connectivity index is 0.00000192. The topological polar surface area (TPSA) is 62.5 Å². The Labute approximate surface area is 144 Å². The van der Waals surface area contributed by atoms with E-state index in [0.717, 1.165) is 58.4 Å². The molecule has 1 aliphatic heterocycles. The summed E-state index contributed by atoms with van der Waals surface area (Å²) in [6, 6.07) is 4.08. The predicted molar refractivity (Wildman–Crippen MR) is 93.3 cm³/mol. The van der Waals surface area contributed by atoms with E-state index in [0.29, 0.717) is 12.5 Å². The van der Waals surface area contributed by atoms with Crippen molar-refractivity contribution in [1.29, 1.82) is 0 Å². The standard InChI is InChI=1S/C17H26N4O.ClH/c18-14-17(5-1-2-6-17)16(22)21-10-8-20(9-11-21)13-15-4-3-7-19-12-15;/h3-4,7,12H,1-2,5-6,8-11,13-14,18H2;1H. The zero-order chi connectivity index (χ0) is 15.4. The van der Waals surface area contributed by atoms with E-state index in [1.807, 2.05) is 17.2 Å². The number of carbonyl (C=O) groups excluding carboxylic acids is 1. The first-order valence-corrected chi connectivity index (χ1v) is 8.34. The van der Waals surface area contributed by atoms with Crippen LogP contribution in [0.1, 0.15) is 31.2 Å². The van der Waals surface area contributed by atoms with Crippen molar-refractivity contribution in [3.63, 3.8) is 0 Å². The Morgan fingerprint density at radius 1 is 1.22 bits per heavy atom. The number of rotatable bonds is 4. The van der Waals surface area contributed by atoms with Crippen molar-refractivity contribution in [1.82, 2.24) is 14.8 Å². The van der Waals surface area contributed by atoms with Crippen LogP contribution < -0.4 is 5.73 Å². The van der Waals surface area contributed by atoms with Gasteiger partial charge >= 0.3 is 0 Å². The van der Waals surface area contributed by atoms with E-state index in [1.165, 1.54) is 5.56 Å². The van der Waals surface area contributed by atoms with Gasteiger partial charge in [-0.05, 0) is 24.5 Å². The third-order valence-electron chi connectivity index (χ3n) is 5.19. The van der Waals surface area contributed by atoms with E-state index in [9.17, 15) is 4.79 Å². The largest absolute Gasteiger partial charge is 0.340 e. The molecule has 0 atom stereocenters. The van der Waals surface area contributed by atoms with Gasteiger partial charge in [-0.25, -0.2) is 0 Å². The number of nitrogens with two attached hydrogens (primary N) is 1. The summed E-state index contributed by atoms with van der Waals surface area (Å²) in [6.45, 7) is 4.92. The van der Waals surface area contributed by atoms with Crippen LogP contribution >= 0.6 is 12.4 Å². The van der Waals surface area contributed by atoms with E-state index in [4.69, 9.17) is 5.73 Å². The molecule has 0 spiro atoms. The fourth-order valence-electron chi connectivity index (χ4n) is 3.75. The van der Waals surface area contributed by atoms with Gasteiger partial charge in [-0.1, -0.05) is 18.9 Å². The summed E-state index contributed by atoms with van der Waals surface area (Å²) in [5.41, 5.74) is 6.92. The number of piperazine rings is 1. The first-order chi connectivity index (χ1) is 10.7. The van der Waals surface area contributed by atoms with Crippen LogP contribution in [-0.2, 0) is 11.3 Å². The maximum Gasteiger partial charge on any atom is 0.230 e. The minimum Gasteiger partial charge on any atom is -0.340 e. The normalized spacial score (nSPS) is 21.0. The SMILES string of the molecule is Cl.NCC1(C(=O)N2CCN(Cc3cccnc3)CC2)CCCC1. The Hall–Kier alpha value is -1.17. The van der Waals surface area contributed by atoms with Crippen LogP contribution in [0.25, 0.3) is 0 Å². The highest BCUT2D eigenvalue weighted by Crippen LogP contribution is 2.39. The van der Waals surface area contributed by atoms with Gasteiger partial charge in [0.1, 0.15) is 0 Å². The lowest BCUT2D eigenvalue weighted by atomic mass is 9.84. The third-order valence-corrected chi connectivity index (χ3v) is 5.19. The van der Waals surface area contributed by atoms with Gasteiger partial charge in [0, 0.05) is 51.7 Å². The van der Waals surface area contributed by atoms with Crippen molar-refractivity contribution in [3.8, 4) is 0 Å². The minimum absolute atomic E-state index is 0. The summed E-state index contributed by atoms with van der Waals surface area (Å²) < 4.78 is 0. The quantitative estimate of drug-likeness (QED) is 0.907. The average molecular weight is 339 g/mol. The molecule has 0 unspecified atom stereocenters. The van der Waals surface area contributed by atoms with E-state index in [-0.39, 0.29) is 17.8 Å². The number of pyridine rings is 1. The van der Waals surface area contributed by atoms with Gasteiger partial charge < -0.3 is 10.6 Å². The number of halogens is 1. The van der Waals surface area contributed by atoms with E-state index in [1.54, 1.807) is 6.20 Å². The molecule has 3 rings (SSSR count). The number of aromatic nitrogens is 1. The first-order valence-electron chi connectivity index (χ1n) is 8.34. The zero-order valence-electron chi connectivity index (χ0n) is 13.6. The summed E-state index contributed by atoms with van der Waals surface area (Å²) >= 11 is 0. The van der Waals surface area contributed by atoms with Gasteiger partial charge in [-0.15, -0.1) is 12.4 Å². The second-order valence-corrected chi connectivity index (χ2v) is 6.62. The maximum absolute atomic E-state index is 12.8. The molecule has 2 aliphatic rings. The lowest BCUT2D eigenvalue weighted by molar-refractivity contribution is -0.143. The second-order valence-electron chi connectivity index (χ2n) is 6.62. The Kier molecular flexibility index (Phi) is 6.39. The monoisotopic (exact) mass is 338 g/mol. The van der Waals surface area contributed by atoms with Crippen LogP contribution in [0.15, 0.2) is 24.5 Å². The molecular weight excluding hydrogens is 312 g/mol. The number of hydrogen-bond acceptors (Lipinski definition) is 4. The molecule has 2 heterocycles. The molecule has 128 valence electrons. The van der Waals surface area contributed by atoms with E-state index in [2.05, 4.69) is 16.0 Å². The Morgan fingerprint density at radius 3 is 2.48 bits per heavy atom. The summed E-state index contributed by atoms with van der Waals surface area (Å²) in [5, 5.41) is 0. The highest BCUT2D eigenvalue weighted by Gasteiger charge is 2.42. The van der Waals surface area contributed by atoms with Crippen molar-refractivity contribution in [3.05, 3.63) is 30.1 Å². The molecule has 1 saturated carbocycles. The van der Waals surface area contributed by atoms with Crippen molar-refractivity contribution >= 4 is 18.3 Å². The van der Waals surface area contributed by atoms with Crippen LogP contribution in [-0.4, -0.2) is 53.4 Å². The minimum atomic E-state index is -0.258. The molecule has 23 heavy (non-hydrogen) atoms. The van der Waals surface area contributed by atoms with Gasteiger partial charge in [0.25, 0.3) is 0 Å². The van der Waals surface area contributed by atoms with Gasteiger partial charge in [0.05, 0.1) is 5.41 Å². The third kappa shape index (κ3) is 4.03. The number of amides is 1. The van der Waals surface area contributed by atoms with Crippen molar-refractivity contribution in [2.45, 2.75) is 32.2 Å². The van der Waals surface area contributed by atoms with E-state index >= 15 is 0 Å². The Morgan fingerprint density at radius 2 is 1.91 bits per heavy atom. The summed E-state index contributed by atoms with van der Waals surface area (Å²) in [7, 11) is 0. The smallest absolute Gasteiger partial charge is 0.230 e. The molecule has 1 aromatic heterocycles. The molecule has 2 N–H and O–H groups in total. The van der Waals surface area contributed by atoms with Crippen LogP contribution in [0.5, 0.6) is 0 Å². The molecule has 0 radical (unpaired) electrons. The van der Waals surface area contributed by atoms with Gasteiger partial charge in [0.2, 0.25) is 5.91 Å².